The molecule has 0 spiro atoms. The Bertz CT molecular complexity index is 679. The molecule has 3 N–H and O–H groups in total. The summed E-state index contributed by atoms with van der Waals surface area (Å²) in [6.07, 6.45) is 0. The maximum atomic E-state index is 13.5. The van der Waals surface area contributed by atoms with E-state index < -0.39 is 37.4 Å². The fraction of sp³-hybridized carbons (Fsp3) is 0.364. The molecule has 10 heteroatoms. The van der Waals surface area contributed by atoms with Gasteiger partial charge in [-0.05, 0) is 28.1 Å². The summed E-state index contributed by atoms with van der Waals surface area (Å²) in [7, 11) is -5.30. The predicted molar refractivity (Wildman–Crippen MR) is 81.4 cm³/mol. The number of primary sulfonamides is 1. The number of carbonyl (C=O) groups excluding carboxylic acids is 1. The number of rotatable bonds is 6. The van der Waals surface area contributed by atoms with Crippen molar-refractivity contribution in [1.29, 1.82) is 0 Å². The molecule has 0 heterocycles. The van der Waals surface area contributed by atoms with Crippen LogP contribution in [-0.4, -0.2) is 36.6 Å². The lowest BCUT2D eigenvalue weighted by Gasteiger charge is -2.09. The second kappa shape index (κ2) is 7.43. The van der Waals surface area contributed by atoms with E-state index in [2.05, 4.69) is 21.2 Å². The number of nitrogens with one attached hydrogen (secondary N) is 1. The SMILES string of the molecule is CCS(=O)CCNC(=O)c1cc(S(N)(=O)=O)c(F)cc1Br. The molecule has 0 fully saturated rings. The predicted octanol–water partition coefficient (Wildman–Crippen LogP) is 0.734. The van der Waals surface area contributed by atoms with Gasteiger partial charge in [0.05, 0.1) is 5.56 Å². The van der Waals surface area contributed by atoms with Crippen LogP contribution in [0.4, 0.5) is 4.39 Å². The zero-order chi connectivity index (χ0) is 16.2. The van der Waals surface area contributed by atoms with Gasteiger partial charge in [0.25, 0.3) is 5.91 Å². The molecule has 118 valence electrons. The quantitative estimate of drug-likeness (QED) is 0.733. The highest BCUT2D eigenvalue weighted by Gasteiger charge is 2.20. The molecular weight excluding hydrogens is 387 g/mol. The topological polar surface area (TPSA) is 106 Å². The minimum absolute atomic E-state index is 0.0669. The normalized spacial score (nSPS) is 13.0. The van der Waals surface area contributed by atoms with Crippen LogP contribution in [0.2, 0.25) is 0 Å². The number of nitrogens with two attached hydrogens (primary N) is 1. The highest BCUT2D eigenvalue weighted by atomic mass is 79.9. The zero-order valence-corrected chi connectivity index (χ0v) is 14.3. The van der Waals surface area contributed by atoms with Gasteiger partial charge in [-0.25, -0.2) is 17.9 Å². The highest BCUT2D eigenvalue weighted by molar-refractivity contribution is 9.10. The molecule has 0 saturated carbocycles. The summed E-state index contributed by atoms with van der Waals surface area (Å²) in [5.41, 5.74) is -0.0669. The molecular formula is C11H14BrFN2O4S2. The van der Waals surface area contributed by atoms with Crippen molar-refractivity contribution in [3.8, 4) is 0 Å². The molecule has 0 aromatic heterocycles. The van der Waals surface area contributed by atoms with Crippen LogP contribution in [0.15, 0.2) is 21.5 Å². The second-order valence-corrected chi connectivity index (χ2v) is 8.25. The minimum Gasteiger partial charge on any atom is -0.351 e. The van der Waals surface area contributed by atoms with Gasteiger partial charge in [-0.2, -0.15) is 0 Å². The number of halogens is 2. The molecule has 0 aliphatic rings. The number of benzene rings is 1. The van der Waals surface area contributed by atoms with Crippen molar-refractivity contribution in [3.05, 3.63) is 28.0 Å². The second-order valence-electron chi connectivity index (χ2n) is 4.00. The Morgan fingerprint density at radius 3 is 2.62 bits per heavy atom. The number of carbonyl (C=O) groups is 1. The molecule has 1 atom stereocenters. The van der Waals surface area contributed by atoms with E-state index >= 15 is 0 Å². The van der Waals surface area contributed by atoms with Gasteiger partial charge >= 0.3 is 0 Å². The Labute approximate surface area is 132 Å². The minimum atomic E-state index is -4.27. The molecule has 0 aliphatic heterocycles. The molecule has 0 aliphatic carbocycles. The Morgan fingerprint density at radius 1 is 1.48 bits per heavy atom. The first-order valence-corrected chi connectivity index (χ1v) is 9.64. The molecule has 1 rings (SSSR count). The zero-order valence-electron chi connectivity index (χ0n) is 11.1. The number of hydrogen-bond acceptors (Lipinski definition) is 4. The molecule has 6 nitrogen and oxygen atoms in total. The lowest BCUT2D eigenvalue weighted by molar-refractivity contribution is 0.0955. The van der Waals surface area contributed by atoms with Gasteiger partial charge in [-0.3, -0.25) is 9.00 Å². The summed E-state index contributed by atoms with van der Waals surface area (Å²) >= 11 is 2.99. The van der Waals surface area contributed by atoms with E-state index in [1.807, 2.05) is 0 Å². The van der Waals surface area contributed by atoms with Crippen molar-refractivity contribution in [3.63, 3.8) is 0 Å². The summed E-state index contributed by atoms with van der Waals surface area (Å²) in [6.45, 7) is 1.92. The van der Waals surface area contributed by atoms with Gasteiger partial charge in [0, 0.05) is 33.3 Å². The number of sulfonamides is 1. The van der Waals surface area contributed by atoms with E-state index in [4.69, 9.17) is 5.14 Å². The maximum Gasteiger partial charge on any atom is 0.252 e. The molecule has 0 saturated heterocycles. The molecule has 21 heavy (non-hydrogen) atoms. The van der Waals surface area contributed by atoms with Crippen LogP contribution in [0, 0.1) is 5.82 Å². The van der Waals surface area contributed by atoms with Crippen LogP contribution in [0.25, 0.3) is 0 Å². The van der Waals surface area contributed by atoms with E-state index in [9.17, 15) is 21.8 Å². The van der Waals surface area contributed by atoms with Gasteiger partial charge < -0.3 is 5.32 Å². The maximum absolute atomic E-state index is 13.5. The monoisotopic (exact) mass is 400 g/mol. The number of amides is 1. The van der Waals surface area contributed by atoms with Gasteiger partial charge in [-0.1, -0.05) is 6.92 Å². The van der Waals surface area contributed by atoms with Crippen LogP contribution >= 0.6 is 15.9 Å². The number of hydrogen-bond donors (Lipinski definition) is 2. The molecule has 0 bridgehead atoms. The van der Waals surface area contributed by atoms with E-state index in [-0.39, 0.29) is 22.3 Å². The molecule has 1 amide bonds. The Hall–Kier alpha value is -0.840. The lowest BCUT2D eigenvalue weighted by atomic mass is 10.2. The summed E-state index contributed by atoms with van der Waals surface area (Å²) in [4.78, 5) is 11.2. The highest BCUT2D eigenvalue weighted by Crippen LogP contribution is 2.23. The van der Waals surface area contributed by atoms with Crippen molar-refractivity contribution in [1.82, 2.24) is 5.32 Å². The Balaban J connectivity index is 2.97. The Kier molecular flexibility index (Phi) is 6.44. The smallest absolute Gasteiger partial charge is 0.252 e. The van der Waals surface area contributed by atoms with Crippen LogP contribution in [-0.2, 0) is 20.8 Å². The average molecular weight is 401 g/mol. The molecule has 0 radical (unpaired) electrons. The third-order valence-corrected chi connectivity index (χ3v) is 5.40. The van der Waals surface area contributed by atoms with E-state index in [0.29, 0.717) is 5.75 Å². The third-order valence-electron chi connectivity index (χ3n) is 2.51. The van der Waals surface area contributed by atoms with E-state index in [0.717, 1.165) is 12.1 Å². The lowest BCUT2D eigenvalue weighted by Crippen LogP contribution is -2.28. The van der Waals surface area contributed by atoms with Crippen molar-refractivity contribution in [2.24, 2.45) is 5.14 Å². The average Bonchev–Trinajstić information content (AvgIpc) is 2.36. The van der Waals surface area contributed by atoms with Crippen molar-refractivity contribution in [2.45, 2.75) is 11.8 Å². The third kappa shape index (κ3) is 5.13. The molecule has 1 aromatic carbocycles. The van der Waals surface area contributed by atoms with Crippen LogP contribution in [0.3, 0.4) is 0 Å². The fourth-order valence-electron chi connectivity index (χ4n) is 1.44. The van der Waals surface area contributed by atoms with Crippen molar-refractivity contribution < 1.29 is 21.8 Å². The Morgan fingerprint density at radius 2 is 2.10 bits per heavy atom. The van der Waals surface area contributed by atoms with E-state index in [1.165, 1.54) is 0 Å². The fourth-order valence-corrected chi connectivity index (χ4v) is 3.17. The molecule has 1 aromatic rings. The summed E-state index contributed by atoms with van der Waals surface area (Å²) < 4.78 is 47.3. The van der Waals surface area contributed by atoms with Crippen molar-refractivity contribution in [2.75, 3.05) is 18.1 Å². The van der Waals surface area contributed by atoms with Crippen LogP contribution in [0.5, 0.6) is 0 Å². The van der Waals surface area contributed by atoms with Gasteiger partial charge in [-0.15, -0.1) is 0 Å². The first-order valence-electron chi connectivity index (χ1n) is 5.81. The molecule has 1 unspecified atom stereocenters. The van der Waals surface area contributed by atoms with Crippen LogP contribution < -0.4 is 10.5 Å². The summed E-state index contributed by atoms with van der Waals surface area (Å²) in [5.74, 6) is -0.901. The standard InChI is InChI=1S/C11H14BrFN2O4S2/c1-2-20(17)4-3-15-11(16)7-5-10(21(14,18)19)9(13)6-8(7)12/h5-6H,2-4H2,1H3,(H,15,16)(H2,14,18,19). The largest absolute Gasteiger partial charge is 0.351 e. The van der Waals surface area contributed by atoms with Gasteiger partial charge in [0.1, 0.15) is 10.7 Å². The summed E-state index contributed by atoms with van der Waals surface area (Å²) in [5, 5.41) is 7.36. The van der Waals surface area contributed by atoms with Gasteiger partial charge in [0.15, 0.2) is 0 Å². The summed E-state index contributed by atoms with van der Waals surface area (Å²) in [6, 6.07) is 1.72. The first-order chi connectivity index (χ1) is 9.66. The van der Waals surface area contributed by atoms with Crippen molar-refractivity contribution >= 4 is 42.7 Å². The van der Waals surface area contributed by atoms with E-state index in [1.54, 1.807) is 6.92 Å². The van der Waals surface area contributed by atoms with Gasteiger partial charge in [0.2, 0.25) is 10.0 Å². The van der Waals surface area contributed by atoms with Crippen LogP contribution in [0.1, 0.15) is 17.3 Å². The first kappa shape index (κ1) is 18.2.